The summed E-state index contributed by atoms with van der Waals surface area (Å²) >= 11 is 0. The van der Waals surface area contributed by atoms with Gasteiger partial charge in [-0.2, -0.15) is 18.4 Å². The highest BCUT2D eigenvalue weighted by Crippen LogP contribution is 2.38. The van der Waals surface area contributed by atoms with Crippen LogP contribution >= 0.6 is 0 Å². The van der Waals surface area contributed by atoms with Gasteiger partial charge >= 0.3 is 6.18 Å². The van der Waals surface area contributed by atoms with Crippen LogP contribution in [0.1, 0.15) is 48.8 Å². The standard InChI is InChI=1S/C15H16F3NO/c1-10-13(20-12-5-3-2-4-6-12)8-7-11(9-19)14(10)15(16,17)18/h7-8,12H,2-6H2,1H3. The Balaban J connectivity index is 2.33. The monoisotopic (exact) mass is 283 g/mol. The molecule has 1 saturated carbocycles. The van der Waals surface area contributed by atoms with E-state index in [2.05, 4.69) is 0 Å². The Bertz CT molecular complexity index is 525. The van der Waals surface area contributed by atoms with Gasteiger partial charge in [-0.1, -0.05) is 6.42 Å². The van der Waals surface area contributed by atoms with E-state index in [4.69, 9.17) is 10.00 Å². The third-order valence-electron chi connectivity index (χ3n) is 3.67. The van der Waals surface area contributed by atoms with Crippen LogP contribution in [0.4, 0.5) is 13.2 Å². The third kappa shape index (κ3) is 3.06. The van der Waals surface area contributed by atoms with Gasteiger partial charge in [0.1, 0.15) is 5.75 Å². The Hall–Kier alpha value is -1.70. The van der Waals surface area contributed by atoms with E-state index in [1.807, 2.05) is 0 Å². The van der Waals surface area contributed by atoms with Crippen molar-refractivity contribution in [2.45, 2.75) is 51.3 Å². The molecule has 1 aromatic carbocycles. The summed E-state index contributed by atoms with van der Waals surface area (Å²) in [5.74, 6) is 0.239. The summed E-state index contributed by atoms with van der Waals surface area (Å²) in [5, 5.41) is 8.83. The van der Waals surface area contributed by atoms with Crippen molar-refractivity contribution in [2.75, 3.05) is 0 Å². The van der Waals surface area contributed by atoms with Gasteiger partial charge in [0.05, 0.1) is 23.3 Å². The Morgan fingerprint density at radius 3 is 2.40 bits per heavy atom. The molecule has 0 radical (unpaired) electrons. The molecule has 0 aromatic heterocycles. The fraction of sp³-hybridized carbons (Fsp3) is 0.533. The molecule has 2 rings (SSSR count). The van der Waals surface area contributed by atoms with Crippen LogP contribution in [-0.4, -0.2) is 6.10 Å². The van der Waals surface area contributed by atoms with E-state index < -0.39 is 11.7 Å². The van der Waals surface area contributed by atoms with Crippen molar-refractivity contribution in [3.8, 4) is 11.8 Å². The molecule has 0 bridgehead atoms. The summed E-state index contributed by atoms with van der Waals surface area (Å²) < 4.78 is 44.9. The molecule has 0 spiro atoms. The number of nitrogens with zero attached hydrogens (tertiary/aromatic N) is 1. The summed E-state index contributed by atoms with van der Waals surface area (Å²) in [7, 11) is 0. The zero-order valence-corrected chi connectivity index (χ0v) is 11.3. The minimum absolute atomic E-state index is 0.00197. The average Bonchev–Trinajstić information content (AvgIpc) is 2.40. The van der Waals surface area contributed by atoms with Gasteiger partial charge in [0.25, 0.3) is 0 Å². The maximum Gasteiger partial charge on any atom is 0.418 e. The molecule has 0 atom stereocenters. The highest BCUT2D eigenvalue weighted by atomic mass is 19.4. The summed E-state index contributed by atoms with van der Waals surface area (Å²) in [5.41, 5.74) is -1.23. The number of hydrogen-bond donors (Lipinski definition) is 0. The molecule has 1 fully saturated rings. The Labute approximate surface area is 116 Å². The van der Waals surface area contributed by atoms with Gasteiger partial charge in [0, 0.05) is 5.56 Å². The zero-order valence-electron chi connectivity index (χ0n) is 11.3. The van der Waals surface area contributed by atoms with Crippen LogP contribution in [0.15, 0.2) is 12.1 Å². The molecule has 108 valence electrons. The molecule has 0 amide bonds. The van der Waals surface area contributed by atoms with Crippen LogP contribution in [0.5, 0.6) is 5.75 Å². The van der Waals surface area contributed by atoms with E-state index in [1.54, 1.807) is 6.07 Å². The molecule has 1 aliphatic rings. The van der Waals surface area contributed by atoms with E-state index in [9.17, 15) is 13.2 Å². The maximum atomic E-state index is 13.0. The van der Waals surface area contributed by atoms with Crippen molar-refractivity contribution in [3.63, 3.8) is 0 Å². The SMILES string of the molecule is Cc1c(OC2CCCCC2)ccc(C#N)c1C(F)(F)F. The van der Waals surface area contributed by atoms with Crippen LogP contribution in [-0.2, 0) is 6.18 Å². The Morgan fingerprint density at radius 2 is 1.85 bits per heavy atom. The number of ether oxygens (including phenoxy) is 1. The van der Waals surface area contributed by atoms with E-state index in [-0.39, 0.29) is 23.0 Å². The lowest BCUT2D eigenvalue weighted by atomic mass is 9.97. The molecule has 0 saturated heterocycles. The lowest BCUT2D eigenvalue weighted by Gasteiger charge is -2.25. The number of rotatable bonds is 2. The number of benzene rings is 1. The average molecular weight is 283 g/mol. The van der Waals surface area contributed by atoms with Crippen molar-refractivity contribution in [1.82, 2.24) is 0 Å². The first-order chi connectivity index (χ1) is 9.43. The molecule has 1 aliphatic carbocycles. The summed E-state index contributed by atoms with van der Waals surface area (Å²) in [6.07, 6.45) is 0.442. The van der Waals surface area contributed by atoms with Gasteiger partial charge in [-0.25, -0.2) is 0 Å². The number of nitriles is 1. The normalized spacial score (nSPS) is 16.8. The van der Waals surface area contributed by atoms with Crippen LogP contribution < -0.4 is 4.74 Å². The van der Waals surface area contributed by atoms with Crippen molar-refractivity contribution in [3.05, 3.63) is 28.8 Å². The topological polar surface area (TPSA) is 33.0 Å². The first-order valence-electron chi connectivity index (χ1n) is 6.71. The predicted molar refractivity (Wildman–Crippen MR) is 68.4 cm³/mol. The first kappa shape index (κ1) is 14.7. The first-order valence-corrected chi connectivity index (χ1v) is 6.71. The molecule has 20 heavy (non-hydrogen) atoms. The van der Waals surface area contributed by atoms with Gasteiger partial charge < -0.3 is 4.74 Å². The van der Waals surface area contributed by atoms with Crippen molar-refractivity contribution < 1.29 is 17.9 Å². The summed E-state index contributed by atoms with van der Waals surface area (Å²) in [6.45, 7) is 1.36. The van der Waals surface area contributed by atoms with E-state index >= 15 is 0 Å². The fourth-order valence-electron chi connectivity index (χ4n) is 2.64. The summed E-state index contributed by atoms with van der Waals surface area (Å²) in [4.78, 5) is 0. The van der Waals surface area contributed by atoms with Gasteiger partial charge in [-0.15, -0.1) is 0 Å². The molecule has 1 aromatic rings. The van der Waals surface area contributed by atoms with Crippen molar-refractivity contribution in [1.29, 1.82) is 5.26 Å². The molecular formula is C15H16F3NO. The summed E-state index contributed by atoms with van der Waals surface area (Å²) in [6, 6.07) is 4.26. The van der Waals surface area contributed by atoms with Gasteiger partial charge in [-0.05, 0) is 44.7 Å². The lowest BCUT2D eigenvalue weighted by molar-refractivity contribution is -0.138. The van der Waals surface area contributed by atoms with E-state index in [0.29, 0.717) is 0 Å². The highest BCUT2D eigenvalue weighted by Gasteiger charge is 2.36. The van der Waals surface area contributed by atoms with E-state index in [1.165, 1.54) is 19.1 Å². The zero-order chi connectivity index (χ0) is 14.8. The van der Waals surface area contributed by atoms with Crippen molar-refractivity contribution >= 4 is 0 Å². The van der Waals surface area contributed by atoms with Gasteiger partial charge in [0.2, 0.25) is 0 Å². The Kier molecular flexibility index (Phi) is 4.22. The lowest BCUT2D eigenvalue weighted by Crippen LogP contribution is -2.21. The van der Waals surface area contributed by atoms with Gasteiger partial charge in [-0.3, -0.25) is 0 Å². The van der Waals surface area contributed by atoms with Crippen LogP contribution in [0.2, 0.25) is 0 Å². The number of hydrogen-bond acceptors (Lipinski definition) is 2. The second-order valence-corrected chi connectivity index (χ2v) is 5.10. The van der Waals surface area contributed by atoms with E-state index in [0.717, 1.165) is 32.1 Å². The minimum Gasteiger partial charge on any atom is -0.490 e. The van der Waals surface area contributed by atoms with Crippen molar-refractivity contribution in [2.24, 2.45) is 0 Å². The van der Waals surface area contributed by atoms with Crippen LogP contribution in [0.3, 0.4) is 0 Å². The Morgan fingerprint density at radius 1 is 1.20 bits per heavy atom. The largest absolute Gasteiger partial charge is 0.490 e. The van der Waals surface area contributed by atoms with Crippen LogP contribution in [0.25, 0.3) is 0 Å². The molecule has 0 N–H and O–H groups in total. The number of halogens is 3. The minimum atomic E-state index is -4.54. The predicted octanol–water partition coefficient (Wildman–Crippen LogP) is 4.60. The smallest absolute Gasteiger partial charge is 0.418 e. The third-order valence-corrected chi connectivity index (χ3v) is 3.67. The highest BCUT2D eigenvalue weighted by molar-refractivity contribution is 5.50. The molecule has 2 nitrogen and oxygen atoms in total. The second kappa shape index (κ2) is 5.74. The quantitative estimate of drug-likeness (QED) is 0.794. The molecule has 0 heterocycles. The number of alkyl halides is 3. The molecule has 5 heteroatoms. The van der Waals surface area contributed by atoms with Crippen LogP contribution in [0, 0.1) is 18.3 Å². The molecular weight excluding hydrogens is 267 g/mol. The maximum absolute atomic E-state index is 13.0. The van der Waals surface area contributed by atoms with Gasteiger partial charge in [0.15, 0.2) is 0 Å². The fourth-order valence-corrected chi connectivity index (χ4v) is 2.64. The molecule has 0 unspecified atom stereocenters. The second-order valence-electron chi connectivity index (χ2n) is 5.10. The molecule has 0 aliphatic heterocycles.